The zero-order chi connectivity index (χ0) is 23.5. The molecule has 0 aromatic heterocycles. The molecule has 1 fully saturated rings. The van der Waals surface area contributed by atoms with Gasteiger partial charge in [0.2, 0.25) is 0 Å². The van der Waals surface area contributed by atoms with Crippen LogP contribution in [0.4, 0.5) is 5.69 Å². The summed E-state index contributed by atoms with van der Waals surface area (Å²) in [6, 6.07) is 13.3. The molecule has 0 radical (unpaired) electrons. The van der Waals surface area contributed by atoms with E-state index in [-0.39, 0.29) is 11.8 Å². The fourth-order valence-electron chi connectivity index (χ4n) is 4.45. The molecule has 2 aromatic carbocycles. The van der Waals surface area contributed by atoms with E-state index in [0.717, 1.165) is 55.8 Å². The molecule has 0 N–H and O–H groups in total. The first-order chi connectivity index (χ1) is 16.0. The lowest BCUT2D eigenvalue weighted by Crippen LogP contribution is -2.47. The van der Waals surface area contributed by atoms with Gasteiger partial charge in [-0.05, 0) is 55.6 Å². The predicted octanol–water partition coefficient (Wildman–Crippen LogP) is 4.01. The van der Waals surface area contributed by atoms with Gasteiger partial charge in [0.15, 0.2) is 0 Å². The highest BCUT2D eigenvalue weighted by atomic mass is 16.5. The smallest absolute Gasteiger partial charge is 0.282 e. The molecule has 0 aliphatic carbocycles. The van der Waals surface area contributed by atoms with Crippen molar-refractivity contribution in [3.05, 3.63) is 64.9 Å². The van der Waals surface area contributed by atoms with Crippen molar-refractivity contribution in [1.29, 1.82) is 0 Å². The average molecular weight is 448 g/mol. The van der Waals surface area contributed by atoms with Gasteiger partial charge >= 0.3 is 0 Å². The molecule has 33 heavy (non-hydrogen) atoms. The third-order valence-electron chi connectivity index (χ3n) is 6.56. The standard InChI is InChI=1S/C27H33N3O3/c1-5-17-33-23-10-8-7-9-22(23)30-26(31)24(21-12-11-19(3)20(4)18-21)25(27(30)32)29-15-13-28(6-2)14-16-29/h7-12,18H,5-6,13-17H2,1-4H3. The lowest BCUT2D eigenvalue weighted by molar-refractivity contribution is -0.120. The van der Waals surface area contributed by atoms with Gasteiger partial charge in [0.1, 0.15) is 11.4 Å². The van der Waals surface area contributed by atoms with Crippen molar-refractivity contribution >= 4 is 23.1 Å². The first-order valence-electron chi connectivity index (χ1n) is 11.9. The van der Waals surface area contributed by atoms with Crippen molar-refractivity contribution in [2.24, 2.45) is 0 Å². The topological polar surface area (TPSA) is 53.1 Å². The Morgan fingerprint density at radius 3 is 2.27 bits per heavy atom. The number of ether oxygens (including phenoxy) is 1. The van der Waals surface area contributed by atoms with Gasteiger partial charge in [-0.3, -0.25) is 9.59 Å². The SMILES string of the molecule is CCCOc1ccccc1N1C(=O)C(c2ccc(C)c(C)c2)=C(N2CCN(CC)CC2)C1=O. The first kappa shape index (κ1) is 23.1. The molecule has 2 amide bonds. The summed E-state index contributed by atoms with van der Waals surface area (Å²) in [5, 5.41) is 0. The zero-order valence-corrected chi connectivity index (χ0v) is 20.1. The van der Waals surface area contributed by atoms with Gasteiger partial charge in [-0.25, -0.2) is 4.90 Å². The van der Waals surface area contributed by atoms with E-state index in [1.54, 1.807) is 6.07 Å². The summed E-state index contributed by atoms with van der Waals surface area (Å²) in [5.74, 6) is -0.00742. The Hall–Kier alpha value is -3.12. The summed E-state index contributed by atoms with van der Waals surface area (Å²) in [4.78, 5) is 33.5. The largest absolute Gasteiger partial charge is 0.491 e. The summed E-state index contributed by atoms with van der Waals surface area (Å²) in [7, 11) is 0. The molecule has 6 heteroatoms. The number of imide groups is 1. The third kappa shape index (κ3) is 4.40. The minimum Gasteiger partial charge on any atom is -0.491 e. The molecule has 6 nitrogen and oxygen atoms in total. The third-order valence-corrected chi connectivity index (χ3v) is 6.56. The van der Waals surface area contributed by atoms with Gasteiger partial charge < -0.3 is 14.5 Å². The highest BCUT2D eigenvalue weighted by molar-refractivity contribution is 6.45. The number of piperazine rings is 1. The van der Waals surface area contributed by atoms with E-state index in [1.165, 1.54) is 4.90 Å². The Balaban J connectivity index is 1.79. The molecule has 0 unspecified atom stereocenters. The highest BCUT2D eigenvalue weighted by Gasteiger charge is 2.44. The number of aryl methyl sites for hydroxylation is 2. The number of hydrogen-bond acceptors (Lipinski definition) is 5. The molecule has 4 rings (SSSR count). The Morgan fingerprint density at radius 2 is 1.61 bits per heavy atom. The van der Waals surface area contributed by atoms with Crippen molar-refractivity contribution in [3.63, 3.8) is 0 Å². The minimum atomic E-state index is -0.288. The number of para-hydroxylation sites is 2. The van der Waals surface area contributed by atoms with Crippen LogP contribution in [0.15, 0.2) is 48.2 Å². The van der Waals surface area contributed by atoms with E-state index < -0.39 is 0 Å². The van der Waals surface area contributed by atoms with Gasteiger partial charge in [-0.2, -0.15) is 0 Å². The van der Waals surface area contributed by atoms with Crippen LogP contribution in [0.3, 0.4) is 0 Å². The van der Waals surface area contributed by atoms with Crippen molar-refractivity contribution < 1.29 is 14.3 Å². The maximum atomic E-state index is 13.9. The van der Waals surface area contributed by atoms with Gasteiger partial charge in [0, 0.05) is 26.2 Å². The summed E-state index contributed by atoms with van der Waals surface area (Å²) < 4.78 is 5.90. The average Bonchev–Trinajstić information content (AvgIpc) is 3.09. The summed E-state index contributed by atoms with van der Waals surface area (Å²) >= 11 is 0. The van der Waals surface area contributed by atoms with E-state index in [0.29, 0.717) is 29.3 Å². The van der Waals surface area contributed by atoms with Crippen LogP contribution in [0.25, 0.3) is 5.57 Å². The quantitative estimate of drug-likeness (QED) is 0.600. The molecule has 0 saturated carbocycles. The predicted molar refractivity (Wildman–Crippen MR) is 131 cm³/mol. The number of anilines is 1. The number of nitrogens with zero attached hydrogens (tertiary/aromatic N) is 3. The van der Waals surface area contributed by atoms with E-state index in [9.17, 15) is 9.59 Å². The van der Waals surface area contributed by atoms with Crippen molar-refractivity contribution in [1.82, 2.24) is 9.80 Å². The Bertz CT molecular complexity index is 1080. The number of rotatable bonds is 7. The molecular formula is C27H33N3O3. The minimum absolute atomic E-state index is 0.272. The summed E-state index contributed by atoms with van der Waals surface area (Å²) in [5.41, 5.74) is 4.54. The van der Waals surface area contributed by atoms with Crippen LogP contribution in [0.1, 0.15) is 37.0 Å². The van der Waals surface area contributed by atoms with Crippen molar-refractivity contribution in [2.75, 3.05) is 44.2 Å². The fourth-order valence-corrected chi connectivity index (χ4v) is 4.45. The highest BCUT2D eigenvalue weighted by Crippen LogP contribution is 2.39. The number of benzene rings is 2. The molecular weight excluding hydrogens is 414 g/mol. The lowest BCUT2D eigenvalue weighted by atomic mass is 9.99. The Labute approximate surface area is 196 Å². The molecule has 2 aliphatic heterocycles. The lowest BCUT2D eigenvalue weighted by Gasteiger charge is -2.36. The van der Waals surface area contributed by atoms with Gasteiger partial charge in [0.05, 0.1) is 17.9 Å². The number of hydrogen-bond donors (Lipinski definition) is 0. The normalized spacial score (nSPS) is 17.3. The van der Waals surface area contributed by atoms with E-state index in [1.807, 2.05) is 57.2 Å². The summed E-state index contributed by atoms with van der Waals surface area (Å²) in [6.07, 6.45) is 0.843. The van der Waals surface area contributed by atoms with Crippen LogP contribution < -0.4 is 9.64 Å². The number of carbonyl (C=O) groups is 2. The van der Waals surface area contributed by atoms with Crippen molar-refractivity contribution in [3.8, 4) is 5.75 Å². The fraction of sp³-hybridized carbons (Fsp3) is 0.407. The van der Waals surface area contributed by atoms with E-state index in [2.05, 4.69) is 16.7 Å². The van der Waals surface area contributed by atoms with Crippen LogP contribution in [-0.2, 0) is 9.59 Å². The number of likely N-dealkylation sites (N-methyl/N-ethyl adjacent to an activating group) is 1. The monoisotopic (exact) mass is 447 g/mol. The van der Waals surface area contributed by atoms with Gasteiger partial charge in [0.25, 0.3) is 11.8 Å². The van der Waals surface area contributed by atoms with Crippen LogP contribution in [0, 0.1) is 13.8 Å². The maximum Gasteiger partial charge on any atom is 0.282 e. The van der Waals surface area contributed by atoms with Crippen molar-refractivity contribution in [2.45, 2.75) is 34.1 Å². The van der Waals surface area contributed by atoms with Crippen LogP contribution >= 0.6 is 0 Å². The molecule has 2 heterocycles. The second-order valence-corrected chi connectivity index (χ2v) is 8.71. The molecule has 0 bridgehead atoms. The summed E-state index contributed by atoms with van der Waals surface area (Å²) in [6.45, 7) is 13.0. The molecule has 1 saturated heterocycles. The Kier molecular flexibility index (Phi) is 6.84. The number of amides is 2. The molecule has 2 aromatic rings. The second-order valence-electron chi connectivity index (χ2n) is 8.71. The van der Waals surface area contributed by atoms with Crippen LogP contribution in [0.2, 0.25) is 0 Å². The number of carbonyl (C=O) groups excluding carboxylic acids is 2. The molecule has 174 valence electrons. The van der Waals surface area contributed by atoms with E-state index >= 15 is 0 Å². The molecule has 2 aliphatic rings. The zero-order valence-electron chi connectivity index (χ0n) is 20.1. The first-order valence-corrected chi connectivity index (χ1v) is 11.9. The Morgan fingerprint density at radius 1 is 0.879 bits per heavy atom. The molecule has 0 spiro atoms. The maximum absolute atomic E-state index is 13.9. The van der Waals surface area contributed by atoms with Gasteiger partial charge in [-0.15, -0.1) is 0 Å². The molecule has 0 atom stereocenters. The van der Waals surface area contributed by atoms with Gasteiger partial charge in [-0.1, -0.05) is 44.2 Å². The second kappa shape index (κ2) is 9.79. The van der Waals surface area contributed by atoms with E-state index in [4.69, 9.17) is 4.74 Å². The van der Waals surface area contributed by atoms with Crippen LogP contribution in [-0.4, -0.2) is 60.9 Å². The van der Waals surface area contributed by atoms with Crippen LogP contribution in [0.5, 0.6) is 5.75 Å².